The lowest BCUT2D eigenvalue weighted by Gasteiger charge is -2.23. The highest BCUT2D eigenvalue weighted by Crippen LogP contribution is 2.11. The number of H-pyrrole nitrogens is 3. The number of carbonyl (C=O) groups is 3. The number of carbonyl (C=O) groups excluding carboxylic acids is 3. The molecule has 0 saturated heterocycles. The Balaban J connectivity index is 1.02. The van der Waals surface area contributed by atoms with Crippen LogP contribution in [0.5, 0.6) is 0 Å². The molecule has 6 N–H and O–H groups in total. The zero-order valence-corrected chi connectivity index (χ0v) is 37.4. The molecule has 0 saturated carbocycles. The van der Waals surface area contributed by atoms with Gasteiger partial charge < -0.3 is 50.0 Å². The van der Waals surface area contributed by atoms with Crippen molar-refractivity contribution in [2.45, 2.75) is 58.9 Å². The Labute approximate surface area is 388 Å². The molecule has 3 amide bonds. The van der Waals surface area contributed by atoms with Gasteiger partial charge in [0.1, 0.15) is 0 Å². The molecule has 0 atom stereocenters. The van der Waals surface area contributed by atoms with E-state index in [1.807, 2.05) is 91.0 Å². The Kier molecular flexibility index (Phi) is 19.6. The third-order valence-corrected chi connectivity index (χ3v) is 10.8. The normalized spacial score (nSPS) is 11.1. The summed E-state index contributed by atoms with van der Waals surface area (Å²) in [5, 5.41) is 8.80. The molecule has 3 aromatic heterocycles. The summed E-state index contributed by atoms with van der Waals surface area (Å²) < 4.78 is 17.4. The van der Waals surface area contributed by atoms with Gasteiger partial charge in [0, 0.05) is 38.2 Å². The summed E-state index contributed by atoms with van der Waals surface area (Å²) in [6.45, 7) is 3.39. The minimum atomic E-state index is -0.399. The lowest BCUT2D eigenvalue weighted by Crippen LogP contribution is -2.36. The third kappa shape index (κ3) is 15.7. The van der Waals surface area contributed by atoms with E-state index in [-0.39, 0.29) is 73.0 Å². The lowest BCUT2D eigenvalue weighted by atomic mass is 10.1. The number of rotatable bonds is 27. The smallest absolute Gasteiger partial charge is 0.254 e. The van der Waals surface area contributed by atoms with Crippen molar-refractivity contribution < 1.29 is 28.6 Å². The molecule has 67 heavy (non-hydrogen) atoms. The monoisotopic (exact) mass is 911 g/mol. The van der Waals surface area contributed by atoms with Gasteiger partial charge in [-0.05, 0) is 73.8 Å². The first-order valence-corrected chi connectivity index (χ1v) is 22.3. The van der Waals surface area contributed by atoms with E-state index in [1.165, 1.54) is 18.6 Å². The van der Waals surface area contributed by atoms with Crippen molar-refractivity contribution >= 4 is 17.7 Å². The molecule has 0 unspecified atom stereocenters. The van der Waals surface area contributed by atoms with E-state index in [2.05, 4.69) is 35.8 Å². The largest absolute Gasteiger partial charge is 0.372 e. The number of nitrogens with one attached hydrogen (secondary N) is 6. The van der Waals surface area contributed by atoms with Gasteiger partial charge in [-0.15, -0.1) is 0 Å². The van der Waals surface area contributed by atoms with Crippen molar-refractivity contribution in [1.29, 1.82) is 0 Å². The summed E-state index contributed by atoms with van der Waals surface area (Å²) in [6, 6.07) is 33.3. The van der Waals surface area contributed by atoms with E-state index < -0.39 is 34.4 Å². The number of ether oxygens (including phenoxy) is 3. The van der Waals surface area contributed by atoms with E-state index in [4.69, 9.17) is 14.2 Å². The minimum absolute atomic E-state index is 0.0388. The SMILES string of the molecule is O=C(NCCCN(CCCNC(=O)c1cc[nH]c(=O)c1COCc1ccccc1)CCCNC(=O)c1cc[nH]c(=O)c1COCc1ccccc1)c1cc[nH]c(=O)c1COCc1ccccc1. The summed E-state index contributed by atoms with van der Waals surface area (Å²) in [5.41, 5.74) is 3.05. The highest BCUT2D eigenvalue weighted by Gasteiger charge is 2.18. The second-order valence-electron chi connectivity index (χ2n) is 15.7. The number of hydrogen-bond donors (Lipinski definition) is 6. The topological polar surface area (TPSA) is 217 Å². The van der Waals surface area contributed by atoms with Crippen LogP contribution in [0.2, 0.25) is 0 Å². The summed E-state index contributed by atoms with van der Waals surface area (Å²) in [5.74, 6) is -1.18. The van der Waals surface area contributed by atoms with Crippen LogP contribution >= 0.6 is 0 Å². The molecule has 0 fully saturated rings. The van der Waals surface area contributed by atoms with E-state index in [1.54, 1.807) is 18.2 Å². The van der Waals surface area contributed by atoms with Crippen LogP contribution in [0.4, 0.5) is 0 Å². The predicted molar refractivity (Wildman–Crippen MR) is 253 cm³/mol. The Hall–Kier alpha value is -7.24. The summed E-state index contributed by atoms with van der Waals surface area (Å²) >= 11 is 0. The fraction of sp³-hybridized carbons (Fsp3) is 0.294. The maximum absolute atomic E-state index is 13.3. The van der Waals surface area contributed by atoms with E-state index in [9.17, 15) is 28.8 Å². The number of nitrogens with zero attached hydrogens (tertiary/aromatic N) is 1. The quantitative estimate of drug-likeness (QED) is 0.0382. The van der Waals surface area contributed by atoms with Crippen LogP contribution in [0.3, 0.4) is 0 Å². The molecule has 6 rings (SSSR count). The van der Waals surface area contributed by atoms with Gasteiger partial charge in [0.15, 0.2) is 0 Å². The van der Waals surface area contributed by atoms with Gasteiger partial charge >= 0.3 is 0 Å². The molecular formula is C51H57N7O9. The van der Waals surface area contributed by atoms with Crippen LogP contribution in [0.1, 0.15) is 83.7 Å². The molecule has 3 heterocycles. The molecule has 0 aliphatic heterocycles. The van der Waals surface area contributed by atoms with Crippen LogP contribution in [0.15, 0.2) is 142 Å². The Morgan fingerprint density at radius 3 is 0.970 bits per heavy atom. The van der Waals surface area contributed by atoms with Crippen LogP contribution < -0.4 is 32.6 Å². The van der Waals surface area contributed by atoms with E-state index >= 15 is 0 Å². The van der Waals surface area contributed by atoms with Gasteiger partial charge in [0.05, 0.1) is 73.0 Å². The minimum Gasteiger partial charge on any atom is -0.372 e. The van der Waals surface area contributed by atoms with Crippen molar-refractivity contribution in [1.82, 2.24) is 35.8 Å². The zero-order valence-electron chi connectivity index (χ0n) is 37.4. The predicted octanol–water partition coefficient (Wildman–Crippen LogP) is 4.96. The molecule has 0 aliphatic carbocycles. The van der Waals surface area contributed by atoms with Crippen LogP contribution in [-0.4, -0.2) is 76.8 Å². The zero-order chi connectivity index (χ0) is 47.1. The van der Waals surface area contributed by atoms with E-state index in [0.717, 1.165) is 16.7 Å². The van der Waals surface area contributed by atoms with Gasteiger partial charge in [-0.2, -0.15) is 0 Å². The molecular weight excluding hydrogens is 855 g/mol. The fourth-order valence-corrected chi connectivity index (χ4v) is 7.27. The Morgan fingerprint density at radius 1 is 0.403 bits per heavy atom. The van der Waals surface area contributed by atoms with Gasteiger partial charge in [-0.1, -0.05) is 91.0 Å². The molecule has 6 aromatic rings. The van der Waals surface area contributed by atoms with Crippen molar-refractivity contribution in [2.24, 2.45) is 0 Å². The number of benzene rings is 3. The highest BCUT2D eigenvalue weighted by molar-refractivity contribution is 5.96. The van der Waals surface area contributed by atoms with Crippen molar-refractivity contribution in [2.75, 3.05) is 39.3 Å². The van der Waals surface area contributed by atoms with Gasteiger partial charge in [-0.3, -0.25) is 28.8 Å². The average Bonchev–Trinajstić information content (AvgIpc) is 3.35. The molecule has 0 aliphatic rings. The molecule has 0 bridgehead atoms. The first-order valence-electron chi connectivity index (χ1n) is 22.3. The molecule has 0 spiro atoms. The van der Waals surface area contributed by atoms with E-state index in [0.29, 0.717) is 58.5 Å². The highest BCUT2D eigenvalue weighted by atomic mass is 16.5. The summed E-state index contributed by atoms with van der Waals surface area (Å²) in [4.78, 5) is 88.3. The number of hydrogen-bond acceptors (Lipinski definition) is 10. The first kappa shape index (κ1) is 49.2. The van der Waals surface area contributed by atoms with Crippen molar-refractivity contribution in [3.8, 4) is 0 Å². The van der Waals surface area contributed by atoms with Crippen molar-refractivity contribution in [3.63, 3.8) is 0 Å². The van der Waals surface area contributed by atoms with Crippen molar-refractivity contribution in [3.05, 3.63) is 209 Å². The maximum Gasteiger partial charge on any atom is 0.254 e. The van der Waals surface area contributed by atoms with Crippen LogP contribution in [0.25, 0.3) is 0 Å². The average molecular weight is 912 g/mol. The summed E-state index contributed by atoms with van der Waals surface area (Å²) in [6.07, 6.45) is 5.99. The van der Waals surface area contributed by atoms with Crippen LogP contribution in [0, 0.1) is 0 Å². The molecule has 16 nitrogen and oxygen atoms in total. The number of pyridine rings is 3. The Bertz CT molecular complexity index is 2380. The van der Waals surface area contributed by atoms with Gasteiger partial charge in [0.25, 0.3) is 34.4 Å². The number of aromatic amines is 3. The standard InChI is InChI=1S/C51H57N7O9/c59-46(40-19-25-55-49(62)43(40)34-65-31-37-13-4-1-5-14-37)52-22-10-28-58(29-11-23-53-47(60)41-20-26-56-50(63)44(41)35-66-32-38-15-6-2-7-16-38)30-12-24-54-48(61)42-21-27-57-51(64)45(42)36-67-33-39-17-8-3-9-18-39/h1-9,13-21,25-27H,10-12,22-24,28-36H2,(H,52,59)(H,53,60)(H,54,61)(H,55,62)(H,56,63)(H,57,64). The molecule has 0 radical (unpaired) electrons. The molecule has 350 valence electrons. The third-order valence-electron chi connectivity index (χ3n) is 10.8. The summed E-state index contributed by atoms with van der Waals surface area (Å²) in [7, 11) is 0. The molecule has 3 aromatic carbocycles. The van der Waals surface area contributed by atoms with Gasteiger partial charge in [-0.25, -0.2) is 0 Å². The lowest BCUT2D eigenvalue weighted by molar-refractivity contribution is 0.0919. The number of amides is 3. The number of aromatic nitrogens is 3. The second kappa shape index (κ2) is 26.7. The first-order chi connectivity index (χ1) is 32.8. The van der Waals surface area contributed by atoms with Crippen LogP contribution in [-0.2, 0) is 53.9 Å². The fourth-order valence-electron chi connectivity index (χ4n) is 7.27. The Morgan fingerprint density at radius 2 is 0.687 bits per heavy atom. The maximum atomic E-state index is 13.3. The van der Waals surface area contributed by atoms with Gasteiger partial charge in [0.2, 0.25) is 0 Å². The second-order valence-corrected chi connectivity index (χ2v) is 15.7. The molecule has 16 heteroatoms.